The van der Waals surface area contributed by atoms with Crippen molar-refractivity contribution < 1.29 is 4.79 Å². The number of hydrogen-bond acceptors (Lipinski definition) is 4. The fraction of sp³-hybridized carbons (Fsp3) is 0.333. The van der Waals surface area contributed by atoms with Crippen LogP contribution in [0.5, 0.6) is 0 Å². The second-order valence-electron chi connectivity index (χ2n) is 6.97. The first kappa shape index (κ1) is 17.4. The minimum Gasteiger partial charge on any atom is -0.336 e. The minimum absolute atomic E-state index is 0.0783. The molecule has 6 nitrogen and oxygen atoms in total. The second-order valence-corrected chi connectivity index (χ2v) is 6.97. The Kier molecular flexibility index (Phi) is 4.96. The van der Waals surface area contributed by atoms with E-state index in [1.54, 1.807) is 12.5 Å². The Labute approximate surface area is 158 Å². The van der Waals surface area contributed by atoms with E-state index in [4.69, 9.17) is 0 Å². The van der Waals surface area contributed by atoms with Crippen molar-refractivity contribution in [3.05, 3.63) is 72.1 Å². The van der Waals surface area contributed by atoms with Crippen LogP contribution >= 0.6 is 0 Å². The summed E-state index contributed by atoms with van der Waals surface area (Å²) in [6, 6.07) is 14.1. The highest BCUT2D eigenvalue weighted by Crippen LogP contribution is 2.24. The molecule has 1 aliphatic heterocycles. The largest absolute Gasteiger partial charge is 0.336 e. The molecular weight excluding hydrogens is 338 g/mol. The zero-order chi connectivity index (χ0) is 18.6. The second kappa shape index (κ2) is 7.70. The first-order chi connectivity index (χ1) is 13.2. The van der Waals surface area contributed by atoms with E-state index in [1.807, 2.05) is 58.9 Å². The average Bonchev–Trinajstić information content (AvgIpc) is 3.36. The summed E-state index contributed by atoms with van der Waals surface area (Å²) in [5.74, 6) is 1.01. The Balaban J connectivity index is 1.45. The highest BCUT2D eigenvalue weighted by Gasteiger charge is 2.29. The van der Waals surface area contributed by atoms with E-state index in [0.717, 1.165) is 49.4 Å². The Morgan fingerprint density at radius 3 is 2.81 bits per heavy atom. The Morgan fingerprint density at radius 2 is 2.04 bits per heavy atom. The van der Waals surface area contributed by atoms with Crippen LogP contribution in [-0.2, 0) is 6.42 Å². The van der Waals surface area contributed by atoms with Gasteiger partial charge in [-0.15, -0.1) is 10.2 Å². The lowest BCUT2D eigenvalue weighted by molar-refractivity contribution is 0.0729. The van der Waals surface area contributed by atoms with Gasteiger partial charge >= 0.3 is 0 Å². The van der Waals surface area contributed by atoms with Gasteiger partial charge in [0.25, 0.3) is 5.91 Å². The first-order valence-corrected chi connectivity index (χ1v) is 9.40. The van der Waals surface area contributed by atoms with Gasteiger partial charge in [0.05, 0.1) is 5.56 Å². The zero-order valence-electron chi connectivity index (χ0n) is 15.5. The summed E-state index contributed by atoms with van der Waals surface area (Å²) in [4.78, 5) is 19.1. The maximum absolute atomic E-state index is 12.9. The summed E-state index contributed by atoms with van der Waals surface area (Å²) in [5, 5.41) is 8.37. The molecule has 1 aliphatic rings. The number of pyridine rings is 1. The van der Waals surface area contributed by atoms with Crippen molar-refractivity contribution in [1.82, 2.24) is 24.6 Å². The van der Waals surface area contributed by atoms with E-state index in [9.17, 15) is 4.79 Å². The van der Waals surface area contributed by atoms with Crippen LogP contribution < -0.4 is 0 Å². The Bertz CT molecular complexity index is 904. The van der Waals surface area contributed by atoms with Gasteiger partial charge in [0.1, 0.15) is 12.2 Å². The van der Waals surface area contributed by atoms with Crippen LogP contribution in [0.25, 0.3) is 5.69 Å². The van der Waals surface area contributed by atoms with Crippen molar-refractivity contribution in [3.63, 3.8) is 0 Å². The number of hydrogen-bond donors (Lipinski definition) is 0. The van der Waals surface area contributed by atoms with E-state index in [2.05, 4.69) is 15.2 Å². The van der Waals surface area contributed by atoms with Gasteiger partial charge in [-0.2, -0.15) is 0 Å². The van der Waals surface area contributed by atoms with Crippen molar-refractivity contribution in [2.75, 3.05) is 6.54 Å². The van der Waals surface area contributed by atoms with E-state index in [1.165, 1.54) is 0 Å². The number of nitrogens with zero attached hydrogens (tertiary/aromatic N) is 5. The van der Waals surface area contributed by atoms with Crippen molar-refractivity contribution in [3.8, 4) is 5.69 Å². The van der Waals surface area contributed by atoms with E-state index in [-0.39, 0.29) is 11.9 Å². The topological polar surface area (TPSA) is 63.9 Å². The fourth-order valence-corrected chi connectivity index (χ4v) is 3.69. The van der Waals surface area contributed by atoms with Gasteiger partial charge in [0, 0.05) is 36.6 Å². The monoisotopic (exact) mass is 361 g/mol. The quantitative estimate of drug-likeness (QED) is 0.700. The molecule has 0 saturated carbocycles. The van der Waals surface area contributed by atoms with Gasteiger partial charge < -0.3 is 4.90 Å². The molecule has 3 aromatic rings. The number of aryl methyl sites for hydroxylation is 2. The number of rotatable bonds is 5. The Morgan fingerprint density at radius 1 is 1.19 bits per heavy atom. The first-order valence-electron chi connectivity index (χ1n) is 9.40. The summed E-state index contributed by atoms with van der Waals surface area (Å²) in [5.41, 5.74) is 2.65. The van der Waals surface area contributed by atoms with Gasteiger partial charge in [0.15, 0.2) is 0 Å². The van der Waals surface area contributed by atoms with Crippen molar-refractivity contribution in [2.24, 2.45) is 0 Å². The highest BCUT2D eigenvalue weighted by molar-refractivity contribution is 5.94. The third-order valence-corrected chi connectivity index (χ3v) is 5.15. The maximum atomic E-state index is 12.9. The summed E-state index contributed by atoms with van der Waals surface area (Å²) in [6.07, 6.45) is 7.18. The van der Waals surface area contributed by atoms with Crippen LogP contribution in [0.4, 0.5) is 0 Å². The molecule has 3 heterocycles. The molecule has 138 valence electrons. The summed E-state index contributed by atoms with van der Waals surface area (Å²) >= 11 is 0. The molecule has 0 radical (unpaired) electrons. The average molecular weight is 361 g/mol. The van der Waals surface area contributed by atoms with E-state index in [0.29, 0.717) is 5.56 Å². The number of carbonyl (C=O) groups is 1. The van der Waals surface area contributed by atoms with Gasteiger partial charge in [-0.25, -0.2) is 0 Å². The van der Waals surface area contributed by atoms with Crippen LogP contribution in [-0.4, -0.2) is 43.1 Å². The van der Waals surface area contributed by atoms with E-state index >= 15 is 0 Å². The number of benzene rings is 1. The predicted octanol–water partition coefficient (Wildman–Crippen LogP) is 3.21. The zero-order valence-corrected chi connectivity index (χ0v) is 15.5. The summed E-state index contributed by atoms with van der Waals surface area (Å²) in [6.45, 7) is 2.73. The van der Waals surface area contributed by atoms with Crippen molar-refractivity contribution in [1.29, 1.82) is 0 Å². The molecule has 0 aliphatic carbocycles. The molecule has 2 aromatic heterocycles. The Hall–Kier alpha value is -3.02. The van der Waals surface area contributed by atoms with Gasteiger partial charge in [-0.05, 0) is 50.5 Å². The molecule has 0 N–H and O–H groups in total. The number of para-hydroxylation sites is 1. The third kappa shape index (κ3) is 3.74. The molecule has 0 spiro atoms. The molecule has 1 unspecified atom stereocenters. The van der Waals surface area contributed by atoms with Gasteiger partial charge in [0.2, 0.25) is 0 Å². The lowest BCUT2D eigenvalue weighted by Crippen LogP contribution is -2.36. The SMILES string of the molecule is Cc1ccc(C(=O)N2CCCC2CCc2nncn2-c2ccccc2)cn1. The molecule has 1 aromatic carbocycles. The smallest absolute Gasteiger partial charge is 0.255 e. The van der Waals surface area contributed by atoms with Crippen molar-refractivity contribution in [2.45, 2.75) is 38.6 Å². The van der Waals surface area contributed by atoms with Crippen molar-refractivity contribution >= 4 is 5.91 Å². The van der Waals surface area contributed by atoms with E-state index < -0.39 is 0 Å². The van der Waals surface area contributed by atoms with Gasteiger partial charge in [-0.3, -0.25) is 14.3 Å². The van der Waals surface area contributed by atoms with Crippen LogP contribution in [0.1, 0.15) is 41.1 Å². The predicted molar refractivity (Wildman–Crippen MR) is 103 cm³/mol. The third-order valence-electron chi connectivity index (χ3n) is 5.15. The molecule has 1 fully saturated rings. The maximum Gasteiger partial charge on any atom is 0.255 e. The van der Waals surface area contributed by atoms with Crippen LogP contribution in [0.15, 0.2) is 55.0 Å². The molecule has 1 amide bonds. The molecule has 0 bridgehead atoms. The standard InChI is InChI=1S/C21H23N5O/c1-16-9-10-17(14-22-16)21(27)25-13-5-8-19(25)11-12-20-24-23-15-26(20)18-6-3-2-4-7-18/h2-4,6-7,9-10,14-15,19H,5,8,11-13H2,1H3. The molecular formula is C21H23N5O. The number of carbonyl (C=O) groups excluding carboxylic acids is 1. The summed E-state index contributed by atoms with van der Waals surface area (Å²) in [7, 11) is 0. The molecule has 1 saturated heterocycles. The van der Waals surface area contributed by atoms with Crippen LogP contribution in [0, 0.1) is 6.92 Å². The molecule has 1 atom stereocenters. The van der Waals surface area contributed by atoms with Crippen LogP contribution in [0.3, 0.4) is 0 Å². The number of aromatic nitrogens is 4. The lowest BCUT2D eigenvalue weighted by Gasteiger charge is -2.24. The lowest BCUT2D eigenvalue weighted by atomic mass is 10.1. The summed E-state index contributed by atoms with van der Waals surface area (Å²) < 4.78 is 2.02. The number of amides is 1. The number of likely N-dealkylation sites (tertiary alicyclic amines) is 1. The minimum atomic E-state index is 0.0783. The van der Waals surface area contributed by atoms with Crippen LogP contribution in [0.2, 0.25) is 0 Å². The highest BCUT2D eigenvalue weighted by atomic mass is 16.2. The fourth-order valence-electron chi connectivity index (χ4n) is 3.69. The molecule has 27 heavy (non-hydrogen) atoms. The van der Waals surface area contributed by atoms with Gasteiger partial charge in [-0.1, -0.05) is 18.2 Å². The molecule has 6 heteroatoms. The normalized spacial score (nSPS) is 16.6. The molecule has 4 rings (SSSR count).